The number of benzene rings is 1. The molecule has 0 radical (unpaired) electrons. The first-order valence-corrected chi connectivity index (χ1v) is 4.90. The Kier molecular flexibility index (Phi) is 1.93. The molecule has 0 unspecified atom stereocenters. The van der Waals surface area contributed by atoms with Crippen LogP contribution in [0.25, 0.3) is 0 Å². The summed E-state index contributed by atoms with van der Waals surface area (Å²) in [5.41, 5.74) is 2.02. The third-order valence-corrected chi connectivity index (χ3v) is 2.60. The van der Waals surface area contributed by atoms with Gasteiger partial charge >= 0.3 is 0 Å². The van der Waals surface area contributed by atoms with Crippen molar-refractivity contribution < 1.29 is 9.59 Å². The summed E-state index contributed by atoms with van der Waals surface area (Å²) in [5, 5.41) is 2.28. The Morgan fingerprint density at radius 3 is 2.20 bits per heavy atom. The Hall–Kier alpha value is -1.64. The zero-order valence-corrected chi connectivity index (χ0v) is 9.05. The number of hydrogen-bond acceptors (Lipinski definition) is 2. The van der Waals surface area contributed by atoms with Crippen LogP contribution >= 0.6 is 0 Å². The van der Waals surface area contributed by atoms with E-state index in [4.69, 9.17) is 0 Å². The van der Waals surface area contributed by atoms with Crippen molar-refractivity contribution in [3.63, 3.8) is 0 Å². The molecule has 1 aliphatic rings. The molecule has 2 rings (SSSR count). The van der Waals surface area contributed by atoms with E-state index in [1.54, 1.807) is 12.1 Å². The van der Waals surface area contributed by atoms with Crippen molar-refractivity contribution in [1.29, 1.82) is 0 Å². The second kappa shape index (κ2) is 2.92. The maximum Gasteiger partial charge on any atom is 0.258 e. The van der Waals surface area contributed by atoms with E-state index in [-0.39, 0.29) is 17.2 Å². The van der Waals surface area contributed by atoms with Crippen molar-refractivity contribution in [3.8, 4) is 0 Å². The Balaban J connectivity index is 2.57. The highest BCUT2D eigenvalue weighted by Gasteiger charge is 2.28. The molecule has 1 N–H and O–H groups in total. The Labute approximate surface area is 88.5 Å². The fourth-order valence-corrected chi connectivity index (χ4v) is 1.63. The molecule has 15 heavy (non-hydrogen) atoms. The molecule has 0 aromatic heterocycles. The van der Waals surface area contributed by atoms with Gasteiger partial charge in [0.2, 0.25) is 0 Å². The molecule has 0 aliphatic carbocycles. The van der Waals surface area contributed by atoms with Gasteiger partial charge in [0.05, 0.1) is 11.1 Å². The van der Waals surface area contributed by atoms with Crippen molar-refractivity contribution >= 4 is 11.8 Å². The van der Waals surface area contributed by atoms with Gasteiger partial charge in [0, 0.05) is 0 Å². The number of amides is 2. The van der Waals surface area contributed by atoms with Crippen molar-refractivity contribution in [2.75, 3.05) is 0 Å². The highest BCUT2D eigenvalue weighted by atomic mass is 16.2. The lowest BCUT2D eigenvalue weighted by molar-refractivity contribution is 0.0879. The van der Waals surface area contributed by atoms with Crippen molar-refractivity contribution in [2.45, 2.75) is 26.2 Å². The molecule has 1 aromatic rings. The topological polar surface area (TPSA) is 46.2 Å². The van der Waals surface area contributed by atoms with E-state index >= 15 is 0 Å². The Bertz CT molecular complexity index is 455. The van der Waals surface area contributed by atoms with Gasteiger partial charge in [0.15, 0.2) is 0 Å². The van der Waals surface area contributed by atoms with Crippen LogP contribution in [-0.4, -0.2) is 11.8 Å². The van der Waals surface area contributed by atoms with Gasteiger partial charge in [-0.25, -0.2) is 0 Å². The lowest BCUT2D eigenvalue weighted by Crippen LogP contribution is -2.20. The number of fused-ring (bicyclic) bond motifs is 1. The molecule has 0 atom stereocenters. The molecule has 1 heterocycles. The van der Waals surface area contributed by atoms with Gasteiger partial charge in [0.1, 0.15) is 0 Å². The van der Waals surface area contributed by atoms with Crippen LogP contribution in [0.2, 0.25) is 0 Å². The van der Waals surface area contributed by atoms with Gasteiger partial charge in [-0.2, -0.15) is 0 Å². The zero-order chi connectivity index (χ0) is 11.2. The van der Waals surface area contributed by atoms with E-state index in [0.717, 1.165) is 5.56 Å². The Morgan fingerprint density at radius 2 is 1.60 bits per heavy atom. The molecule has 0 spiro atoms. The van der Waals surface area contributed by atoms with Crippen LogP contribution in [0.15, 0.2) is 18.2 Å². The standard InChI is InChI=1S/C12H13NO2/c1-12(2,3)7-4-5-8-9(6-7)11(15)13-10(8)14/h4-6H,1-3H3,(H,13,14,15). The number of nitrogens with one attached hydrogen (secondary N) is 1. The molecule has 78 valence electrons. The zero-order valence-electron chi connectivity index (χ0n) is 9.05. The fourth-order valence-electron chi connectivity index (χ4n) is 1.63. The summed E-state index contributed by atoms with van der Waals surface area (Å²) in [6.45, 7) is 6.22. The van der Waals surface area contributed by atoms with E-state index in [1.165, 1.54) is 0 Å². The highest BCUT2D eigenvalue weighted by Crippen LogP contribution is 2.26. The lowest BCUT2D eigenvalue weighted by atomic mass is 9.85. The first-order valence-electron chi connectivity index (χ1n) is 4.90. The van der Waals surface area contributed by atoms with Crippen molar-refractivity contribution in [3.05, 3.63) is 34.9 Å². The summed E-state index contributed by atoms with van der Waals surface area (Å²) < 4.78 is 0. The quantitative estimate of drug-likeness (QED) is 0.654. The minimum absolute atomic E-state index is 0.0129. The maximum atomic E-state index is 11.4. The molecule has 1 aromatic carbocycles. The summed E-state index contributed by atoms with van der Waals surface area (Å²) in [7, 11) is 0. The maximum absolute atomic E-state index is 11.4. The second-order valence-corrected chi connectivity index (χ2v) is 4.79. The third kappa shape index (κ3) is 1.54. The number of imide groups is 1. The van der Waals surface area contributed by atoms with Crippen LogP contribution in [0.3, 0.4) is 0 Å². The van der Waals surface area contributed by atoms with Gasteiger partial charge in [-0.05, 0) is 23.1 Å². The predicted octanol–water partition coefficient (Wildman–Crippen LogP) is 1.87. The normalized spacial score (nSPS) is 15.1. The summed E-state index contributed by atoms with van der Waals surface area (Å²) in [6.07, 6.45) is 0. The van der Waals surface area contributed by atoms with Gasteiger partial charge in [0.25, 0.3) is 11.8 Å². The first-order chi connectivity index (χ1) is 6.89. The second-order valence-electron chi connectivity index (χ2n) is 4.79. The molecule has 3 nitrogen and oxygen atoms in total. The molecule has 0 bridgehead atoms. The van der Waals surface area contributed by atoms with Crippen LogP contribution in [0.1, 0.15) is 47.1 Å². The molecule has 0 saturated heterocycles. The Morgan fingerprint density at radius 1 is 1.00 bits per heavy atom. The average Bonchev–Trinajstić information content (AvgIpc) is 2.41. The molecule has 0 saturated carbocycles. The number of carbonyl (C=O) groups excluding carboxylic acids is 2. The van der Waals surface area contributed by atoms with E-state index in [2.05, 4.69) is 26.1 Å². The van der Waals surface area contributed by atoms with Gasteiger partial charge < -0.3 is 0 Å². The molecular weight excluding hydrogens is 190 g/mol. The molecule has 2 amide bonds. The van der Waals surface area contributed by atoms with Crippen LogP contribution in [0, 0.1) is 0 Å². The molecule has 1 aliphatic heterocycles. The lowest BCUT2D eigenvalue weighted by Gasteiger charge is -2.19. The third-order valence-electron chi connectivity index (χ3n) is 2.60. The molecule has 3 heteroatoms. The van der Waals surface area contributed by atoms with E-state index < -0.39 is 0 Å². The van der Waals surface area contributed by atoms with Crippen molar-refractivity contribution in [1.82, 2.24) is 5.32 Å². The van der Waals surface area contributed by atoms with Crippen LogP contribution < -0.4 is 5.32 Å². The van der Waals surface area contributed by atoms with Crippen LogP contribution in [0.5, 0.6) is 0 Å². The van der Waals surface area contributed by atoms with E-state index in [0.29, 0.717) is 11.1 Å². The summed E-state index contributed by atoms with van der Waals surface area (Å²) in [4.78, 5) is 22.7. The van der Waals surface area contributed by atoms with Gasteiger partial charge in [-0.15, -0.1) is 0 Å². The van der Waals surface area contributed by atoms with E-state index in [9.17, 15) is 9.59 Å². The van der Waals surface area contributed by atoms with Gasteiger partial charge in [-0.3, -0.25) is 14.9 Å². The monoisotopic (exact) mass is 203 g/mol. The number of rotatable bonds is 0. The average molecular weight is 203 g/mol. The predicted molar refractivity (Wildman–Crippen MR) is 56.9 cm³/mol. The summed E-state index contributed by atoms with van der Waals surface area (Å²) in [6, 6.07) is 5.42. The molecular formula is C12H13NO2. The molecule has 0 fully saturated rings. The fraction of sp³-hybridized carbons (Fsp3) is 0.333. The van der Waals surface area contributed by atoms with Crippen LogP contribution in [0.4, 0.5) is 0 Å². The van der Waals surface area contributed by atoms with Gasteiger partial charge in [-0.1, -0.05) is 26.8 Å². The summed E-state index contributed by atoms with van der Waals surface area (Å²) >= 11 is 0. The van der Waals surface area contributed by atoms with E-state index in [1.807, 2.05) is 6.07 Å². The smallest absolute Gasteiger partial charge is 0.258 e. The summed E-state index contributed by atoms with van der Waals surface area (Å²) in [5.74, 6) is -0.587. The minimum Gasteiger partial charge on any atom is -0.288 e. The number of hydrogen-bond donors (Lipinski definition) is 1. The SMILES string of the molecule is CC(C)(C)c1ccc2c(c1)C(=O)NC2=O. The highest BCUT2D eigenvalue weighted by molar-refractivity contribution is 6.21. The minimum atomic E-state index is -0.296. The first kappa shape index (κ1) is 9.90. The van der Waals surface area contributed by atoms with Crippen LogP contribution in [-0.2, 0) is 5.41 Å². The number of carbonyl (C=O) groups is 2. The largest absolute Gasteiger partial charge is 0.288 e. The van der Waals surface area contributed by atoms with Crippen molar-refractivity contribution in [2.24, 2.45) is 0 Å².